The summed E-state index contributed by atoms with van der Waals surface area (Å²) >= 11 is 0. The van der Waals surface area contributed by atoms with Crippen molar-refractivity contribution in [2.24, 2.45) is 11.7 Å². The van der Waals surface area contributed by atoms with E-state index in [2.05, 4.69) is 27.4 Å². The number of carbonyl (C=O) groups excluding carboxylic acids is 3. The van der Waals surface area contributed by atoms with E-state index in [1.54, 1.807) is 11.1 Å². The summed E-state index contributed by atoms with van der Waals surface area (Å²) in [5, 5.41) is 10.3. The lowest BCUT2D eigenvalue weighted by atomic mass is 9.89. The number of hydrogen-bond donors (Lipinski definition) is 3. The molecule has 0 spiro atoms. The molecule has 0 aliphatic carbocycles. The third-order valence-electron chi connectivity index (χ3n) is 5.43. The van der Waals surface area contributed by atoms with Gasteiger partial charge in [0.2, 0.25) is 0 Å². The van der Waals surface area contributed by atoms with Gasteiger partial charge in [0.15, 0.2) is 0 Å². The molecular formula is C21H22N6O3. The average Bonchev–Trinajstić information content (AvgIpc) is 3.21. The Bertz CT molecular complexity index is 1120. The van der Waals surface area contributed by atoms with E-state index in [9.17, 15) is 14.4 Å². The first kappa shape index (κ1) is 19.6. The molecule has 1 fully saturated rings. The lowest BCUT2D eigenvalue weighted by Gasteiger charge is -2.38. The van der Waals surface area contributed by atoms with Gasteiger partial charge >= 0.3 is 11.8 Å². The Labute approximate surface area is 172 Å². The average molecular weight is 406 g/mol. The maximum Gasteiger partial charge on any atom is 0.315 e. The second kappa shape index (κ2) is 7.94. The van der Waals surface area contributed by atoms with Gasteiger partial charge in [0.1, 0.15) is 5.82 Å². The Morgan fingerprint density at radius 2 is 2.07 bits per heavy atom. The number of piperidine rings is 1. The number of nitrogens with two attached hydrogens (primary N) is 1. The van der Waals surface area contributed by atoms with E-state index in [1.165, 1.54) is 18.3 Å². The molecular weight excluding hydrogens is 384 g/mol. The number of amides is 3. The molecule has 1 aromatic carbocycles. The highest BCUT2D eigenvalue weighted by Gasteiger charge is 2.34. The van der Waals surface area contributed by atoms with E-state index in [-0.39, 0.29) is 23.3 Å². The van der Waals surface area contributed by atoms with E-state index in [4.69, 9.17) is 5.73 Å². The molecule has 3 heterocycles. The van der Waals surface area contributed by atoms with Crippen molar-refractivity contribution in [1.29, 1.82) is 0 Å². The summed E-state index contributed by atoms with van der Waals surface area (Å²) in [7, 11) is 0. The van der Waals surface area contributed by atoms with Crippen molar-refractivity contribution in [2.45, 2.75) is 25.8 Å². The number of aromatic nitrogens is 3. The molecule has 1 saturated heterocycles. The van der Waals surface area contributed by atoms with Crippen LogP contribution in [-0.2, 0) is 9.59 Å². The number of nitrogens with zero attached hydrogens (tertiary/aromatic N) is 3. The van der Waals surface area contributed by atoms with Gasteiger partial charge in [0.25, 0.3) is 5.91 Å². The first-order chi connectivity index (χ1) is 14.4. The van der Waals surface area contributed by atoms with E-state index in [0.717, 1.165) is 29.3 Å². The Morgan fingerprint density at radius 3 is 2.87 bits per heavy atom. The fourth-order valence-corrected chi connectivity index (χ4v) is 3.89. The summed E-state index contributed by atoms with van der Waals surface area (Å²) in [4.78, 5) is 42.9. The minimum absolute atomic E-state index is 0.0234. The molecule has 0 bridgehead atoms. The van der Waals surface area contributed by atoms with Crippen molar-refractivity contribution in [3.05, 3.63) is 53.9 Å². The topological polar surface area (TPSA) is 134 Å². The SMILES string of the molecule is C[C@H]1CC[C@H](c2ccc3[nH]ncc3c2)N(C(=O)C(=O)Nc2ncccc2C(N)=O)C1. The molecule has 2 atom stereocenters. The highest BCUT2D eigenvalue weighted by Crippen LogP contribution is 2.34. The smallest absolute Gasteiger partial charge is 0.315 e. The normalized spacial score (nSPS) is 18.9. The molecule has 3 aromatic rings. The van der Waals surface area contributed by atoms with E-state index in [1.807, 2.05) is 18.2 Å². The number of pyridine rings is 1. The summed E-state index contributed by atoms with van der Waals surface area (Å²) in [5.74, 6) is -2.00. The number of rotatable bonds is 3. The summed E-state index contributed by atoms with van der Waals surface area (Å²) in [5.41, 5.74) is 7.24. The lowest BCUT2D eigenvalue weighted by Crippen LogP contribution is -2.46. The molecule has 1 aliphatic rings. The number of hydrogen-bond acceptors (Lipinski definition) is 5. The minimum Gasteiger partial charge on any atom is -0.365 e. The first-order valence-corrected chi connectivity index (χ1v) is 9.74. The fourth-order valence-electron chi connectivity index (χ4n) is 3.89. The number of likely N-dealkylation sites (tertiary alicyclic amines) is 1. The van der Waals surface area contributed by atoms with Crippen molar-refractivity contribution in [1.82, 2.24) is 20.1 Å². The third-order valence-corrected chi connectivity index (χ3v) is 5.43. The summed E-state index contributed by atoms with van der Waals surface area (Å²) < 4.78 is 0. The van der Waals surface area contributed by atoms with Gasteiger partial charge in [-0.1, -0.05) is 13.0 Å². The number of carbonyl (C=O) groups is 3. The number of benzene rings is 1. The molecule has 2 aromatic heterocycles. The van der Waals surface area contributed by atoms with Gasteiger partial charge in [0, 0.05) is 18.1 Å². The third kappa shape index (κ3) is 3.73. The van der Waals surface area contributed by atoms with Crippen LogP contribution in [0, 0.1) is 5.92 Å². The maximum atomic E-state index is 13.1. The van der Waals surface area contributed by atoms with Crippen molar-refractivity contribution >= 4 is 34.4 Å². The van der Waals surface area contributed by atoms with Gasteiger partial charge in [-0.2, -0.15) is 5.10 Å². The zero-order valence-electron chi connectivity index (χ0n) is 16.5. The summed E-state index contributed by atoms with van der Waals surface area (Å²) in [6, 6.07) is 8.61. The second-order valence-electron chi connectivity index (χ2n) is 7.59. The highest BCUT2D eigenvalue weighted by molar-refractivity contribution is 6.39. The van der Waals surface area contributed by atoms with Crippen LogP contribution in [0.15, 0.2) is 42.7 Å². The fraction of sp³-hybridized carbons (Fsp3) is 0.286. The van der Waals surface area contributed by atoms with Crippen LogP contribution in [0.4, 0.5) is 5.82 Å². The molecule has 154 valence electrons. The molecule has 4 rings (SSSR count). The van der Waals surface area contributed by atoms with Crippen LogP contribution in [0.25, 0.3) is 10.9 Å². The number of anilines is 1. The molecule has 9 nitrogen and oxygen atoms in total. The van der Waals surface area contributed by atoms with E-state index >= 15 is 0 Å². The van der Waals surface area contributed by atoms with Gasteiger partial charge in [-0.05, 0) is 48.6 Å². The lowest BCUT2D eigenvalue weighted by molar-refractivity contribution is -0.146. The van der Waals surface area contributed by atoms with Crippen LogP contribution >= 0.6 is 0 Å². The summed E-state index contributed by atoms with van der Waals surface area (Å²) in [6.07, 6.45) is 4.85. The van der Waals surface area contributed by atoms with E-state index < -0.39 is 17.7 Å². The van der Waals surface area contributed by atoms with Crippen molar-refractivity contribution in [3.8, 4) is 0 Å². The number of aromatic amines is 1. The van der Waals surface area contributed by atoms with Gasteiger partial charge in [-0.15, -0.1) is 0 Å². The molecule has 0 unspecified atom stereocenters. The van der Waals surface area contributed by atoms with Crippen LogP contribution < -0.4 is 11.1 Å². The van der Waals surface area contributed by atoms with Crippen LogP contribution in [0.3, 0.4) is 0 Å². The van der Waals surface area contributed by atoms with Gasteiger partial charge in [0.05, 0.1) is 23.3 Å². The zero-order chi connectivity index (χ0) is 21.3. The first-order valence-electron chi connectivity index (χ1n) is 9.74. The number of fused-ring (bicyclic) bond motifs is 1. The van der Waals surface area contributed by atoms with Crippen molar-refractivity contribution < 1.29 is 14.4 Å². The second-order valence-corrected chi connectivity index (χ2v) is 7.59. The molecule has 1 aliphatic heterocycles. The molecule has 4 N–H and O–H groups in total. The van der Waals surface area contributed by atoms with Gasteiger partial charge < -0.3 is 16.0 Å². The largest absolute Gasteiger partial charge is 0.365 e. The molecule has 0 saturated carbocycles. The quantitative estimate of drug-likeness (QED) is 0.572. The molecule has 30 heavy (non-hydrogen) atoms. The van der Waals surface area contributed by atoms with Crippen LogP contribution in [0.2, 0.25) is 0 Å². The van der Waals surface area contributed by atoms with E-state index in [0.29, 0.717) is 6.54 Å². The van der Waals surface area contributed by atoms with Crippen molar-refractivity contribution in [3.63, 3.8) is 0 Å². The standard InChI is InChI=1S/C21H22N6O3/c1-12-4-7-17(13-5-6-16-14(9-13)10-24-26-16)27(11-12)21(30)20(29)25-19-15(18(22)28)3-2-8-23-19/h2-3,5-6,8-10,12,17H,4,7,11H2,1H3,(H2,22,28)(H,24,26)(H,23,25,29)/t12-,17+/m0/s1. The van der Waals surface area contributed by atoms with Gasteiger partial charge in [-0.3, -0.25) is 19.5 Å². The number of primary amides is 1. The highest BCUT2D eigenvalue weighted by atomic mass is 16.2. The predicted molar refractivity (Wildman–Crippen MR) is 110 cm³/mol. The monoisotopic (exact) mass is 406 g/mol. The van der Waals surface area contributed by atoms with Crippen LogP contribution in [-0.4, -0.2) is 44.3 Å². The Balaban J connectivity index is 1.59. The minimum atomic E-state index is -0.848. The van der Waals surface area contributed by atoms with Crippen LogP contribution in [0.1, 0.15) is 41.7 Å². The van der Waals surface area contributed by atoms with Gasteiger partial charge in [-0.25, -0.2) is 4.98 Å². The Hall–Kier alpha value is -3.75. The molecule has 0 radical (unpaired) electrons. The number of H-pyrrole nitrogens is 1. The van der Waals surface area contributed by atoms with Crippen molar-refractivity contribution in [2.75, 3.05) is 11.9 Å². The molecule has 9 heteroatoms. The number of nitrogens with one attached hydrogen (secondary N) is 2. The zero-order valence-corrected chi connectivity index (χ0v) is 16.5. The Kier molecular flexibility index (Phi) is 5.18. The summed E-state index contributed by atoms with van der Waals surface area (Å²) in [6.45, 7) is 2.52. The predicted octanol–water partition coefficient (Wildman–Crippen LogP) is 2.00. The molecule has 3 amide bonds. The maximum absolute atomic E-state index is 13.1. The Morgan fingerprint density at radius 1 is 1.23 bits per heavy atom. The van der Waals surface area contributed by atoms with Crippen LogP contribution in [0.5, 0.6) is 0 Å².